The highest BCUT2D eigenvalue weighted by Gasteiger charge is 2.08. The summed E-state index contributed by atoms with van der Waals surface area (Å²) in [6.07, 6.45) is 3.00. The summed E-state index contributed by atoms with van der Waals surface area (Å²) in [7, 11) is 0. The Morgan fingerprint density at radius 2 is 2.18 bits per heavy atom. The molecular weight excluding hydrogens is 219 g/mol. The van der Waals surface area contributed by atoms with Crippen molar-refractivity contribution in [1.82, 2.24) is 4.98 Å². The van der Waals surface area contributed by atoms with Gasteiger partial charge in [-0.05, 0) is 36.8 Å². The van der Waals surface area contributed by atoms with Gasteiger partial charge in [0.25, 0.3) is 5.91 Å². The summed E-state index contributed by atoms with van der Waals surface area (Å²) in [5.41, 5.74) is 1.37. The summed E-state index contributed by atoms with van der Waals surface area (Å²) in [4.78, 5) is 15.6. The lowest BCUT2D eigenvalue weighted by molar-refractivity contribution is 0.102. The number of anilines is 1. The van der Waals surface area contributed by atoms with Crippen molar-refractivity contribution in [3.8, 4) is 0 Å². The second-order valence-electron chi connectivity index (χ2n) is 3.68. The van der Waals surface area contributed by atoms with E-state index in [1.165, 1.54) is 12.3 Å². The van der Waals surface area contributed by atoms with E-state index in [0.717, 1.165) is 5.56 Å². The lowest BCUT2D eigenvalue weighted by atomic mass is 10.2. The van der Waals surface area contributed by atoms with E-state index >= 15 is 0 Å². The molecule has 0 saturated carbocycles. The number of amides is 1. The molecule has 3 nitrogen and oxygen atoms in total. The number of aromatic nitrogens is 1. The van der Waals surface area contributed by atoms with Gasteiger partial charge in [0.05, 0.1) is 11.3 Å². The highest BCUT2D eigenvalue weighted by Crippen LogP contribution is 2.16. The Balaban J connectivity index is 2.19. The zero-order valence-electron chi connectivity index (χ0n) is 9.27. The van der Waals surface area contributed by atoms with E-state index in [4.69, 9.17) is 0 Å². The van der Waals surface area contributed by atoms with E-state index in [0.29, 0.717) is 5.56 Å². The maximum atomic E-state index is 13.5. The monoisotopic (exact) mass is 230 g/mol. The molecule has 1 heterocycles. The molecule has 2 rings (SSSR count). The molecule has 0 aliphatic heterocycles. The van der Waals surface area contributed by atoms with Crippen LogP contribution in [0.5, 0.6) is 0 Å². The lowest BCUT2D eigenvalue weighted by Crippen LogP contribution is -2.13. The summed E-state index contributed by atoms with van der Waals surface area (Å²) in [6, 6.07) is 7.93. The number of benzene rings is 1. The number of nitrogens with one attached hydrogen (secondary N) is 1. The van der Waals surface area contributed by atoms with Crippen molar-refractivity contribution in [2.75, 3.05) is 5.32 Å². The van der Waals surface area contributed by atoms with Crippen LogP contribution in [0.1, 0.15) is 15.9 Å². The molecule has 1 aromatic heterocycles. The Morgan fingerprint density at radius 1 is 1.35 bits per heavy atom. The molecule has 0 unspecified atom stereocenters. The zero-order chi connectivity index (χ0) is 12.3. The molecule has 2 aromatic rings. The first kappa shape index (κ1) is 11.3. The van der Waals surface area contributed by atoms with E-state index in [2.05, 4.69) is 10.3 Å². The first-order valence-electron chi connectivity index (χ1n) is 5.14. The van der Waals surface area contributed by atoms with Crippen LogP contribution in [0.25, 0.3) is 0 Å². The number of rotatable bonds is 2. The molecule has 0 radical (unpaired) electrons. The van der Waals surface area contributed by atoms with E-state index in [1.54, 1.807) is 37.4 Å². The fourth-order valence-corrected chi connectivity index (χ4v) is 1.41. The molecule has 0 aliphatic rings. The van der Waals surface area contributed by atoms with Crippen molar-refractivity contribution in [1.29, 1.82) is 0 Å². The van der Waals surface area contributed by atoms with Gasteiger partial charge < -0.3 is 5.32 Å². The fraction of sp³-hybridized carbons (Fsp3) is 0.0769. The quantitative estimate of drug-likeness (QED) is 0.861. The Bertz CT molecular complexity index is 540. The van der Waals surface area contributed by atoms with Crippen molar-refractivity contribution >= 4 is 11.6 Å². The summed E-state index contributed by atoms with van der Waals surface area (Å²) < 4.78 is 13.5. The fourth-order valence-electron chi connectivity index (χ4n) is 1.41. The van der Waals surface area contributed by atoms with E-state index in [9.17, 15) is 9.18 Å². The number of pyridine rings is 1. The second kappa shape index (κ2) is 4.74. The van der Waals surface area contributed by atoms with Gasteiger partial charge in [-0.2, -0.15) is 0 Å². The summed E-state index contributed by atoms with van der Waals surface area (Å²) >= 11 is 0. The number of hydrogen-bond acceptors (Lipinski definition) is 2. The Labute approximate surface area is 98.3 Å². The minimum atomic E-state index is -0.442. The molecule has 0 spiro atoms. The SMILES string of the molecule is Cc1ccc(NC(=O)c2cccnc2)c(F)c1. The van der Waals surface area contributed by atoms with Crippen LogP contribution in [0, 0.1) is 12.7 Å². The van der Waals surface area contributed by atoms with Crippen LogP contribution in [0.3, 0.4) is 0 Å². The van der Waals surface area contributed by atoms with Crippen molar-refractivity contribution < 1.29 is 9.18 Å². The summed E-state index contributed by atoms with van der Waals surface area (Å²) in [5, 5.41) is 2.50. The van der Waals surface area contributed by atoms with Crippen LogP contribution < -0.4 is 5.32 Å². The van der Waals surface area contributed by atoms with Gasteiger partial charge in [0, 0.05) is 12.4 Å². The normalized spacial score (nSPS) is 10.0. The van der Waals surface area contributed by atoms with Crippen molar-refractivity contribution in [3.05, 3.63) is 59.7 Å². The number of carbonyl (C=O) groups excluding carboxylic acids is 1. The third-order valence-corrected chi connectivity index (χ3v) is 2.30. The topological polar surface area (TPSA) is 42.0 Å². The number of carbonyl (C=O) groups is 1. The standard InChI is InChI=1S/C13H11FN2O/c1-9-4-5-12(11(14)7-9)16-13(17)10-3-2-6-15-8-10/h2-8H,1H3,(H,16,17). The maximum Gasteiger partial charge on any atom is 0.257 e. The second-order valence-corrected chi connectivity index (χ2v) is 3.68. The Hall–Kier alpha value is -2.23. The van der Waals surface area contributed by atoms with Crippen LogP contribution in [-0.4, -0.2) is 10.9 Å². The van der Waals surface area contributed by atoms with E-state index < -0.39 is 5.82 Å². The lowest BCUT2D eigenvalue weighted by Gasteiger charge is -2.06. The van der Waals surface area contributed by atoms with Crippen LogP contribution >= 0.6 is 0 Å². The van der Waals surface area contributed by atoms with Gasteiger partial charge in [-0.25, -0.2) is 4.39 Å². The third-order valence-electron chi connectivity index (χ3n) is 2.30. The first-order valence-corrected chi connectivity index (χ1v) is 5.14. The molecule has 0 bridgehead atoms. The van der Waals surface area contributed by atoms with Gasteiger partial charge in [0.2, 0.25) is 0 Å². The molecule has 1 amide bonds. The molecule has 0 fully saturated rings. The molecule has 1 N–H and O–H groups in total. The Morgan fingerprint density at radius 3 is 2.82 bits per heavy atom. The molecule has 17 heavy (non-hydrogen) atoms. The van der Waals surface area contributed by atoms with Crippen LogP contribution in [0.4, 0.5) is 10.1 Å². The van der Waals surface area contributed by atoms with Gasteiger partial charge in [0.1, 0.15) is 5.82 Å². The number of aryl methyl sites for hydroxylation is 1. The van der Waals surface area contributed by atoms with Crippen molar-refractivity contribution in [2.45, 2.75) is 6.92 Å². The zero-order valence-corrected chi connectivity index (χ0v) is 9.27. The summed E-state index contributed by atoms with van der Waals surface area (Å²) in [6.45, 7) is 1.79. The average Bonchev–Trinajstić information content (AvgIpc) is 2.34. The first-order chi connectivity index (χ1) is 8.16. The molecule has 0 saturated heterocycles. The summed E-state index contributed by atoms with van der Waals surface area (Å²) in [5.74, 6) is -0.817. The van der Waals surface area contributed by atoms with Crippen LogP contribution in [-0.2, 0) is 0 Å². The molecule has 1 aromatic carbocycles. The van der Waals surface area contributed by atoms with E-state index in [1.807, 2.05) is 0 Å². The average molecular weight is 230 g/mol. The maximum absolute atomic E-state index is 13.5. The van der Waals surface area contributed by atoms with E-state index in [-0.39, 0.29) is 11.6 Å². The minimum Gasteiger partial charge on any atom is -0.319 e. The minimum absolute atomic E-state index is 0.171. The molecular formula is C13H11FN2O. The van der Waals surface area contributed by atoms with Gasteiger partial charge in [-0.1, -0.05) is 6.07 Å². The largest absolute Gasteiger partial charge is 0.319 e. The number of nitrogens with zero attached hydrogens (tertiary/aromatic N) is 1. The van der Waals surface area contributed by atoms with Crippen molar-refractivity contribution in [3.63, 3.8) is 0 Å². The smallest absolute Gasteiger partial charge is 0.257 e. The number of hydrogen-bond donors (Lipinski definition) is 1. The van der Waals surface area contributed by atoms with Gasteiger partial charge >= 0.3 is 0 Å². The predicted octanol–water partition coefficient (Wildman–Crippen LogP) is 2.78. The predicted molar refractivity (Wildman–Crippen MR) is 63.3 cm³/mol. The highest BCUT2D eigenvalue weighted by atomic mass is 19.1. The molecule has 4 heteroatoms. The number of halogens is 1. The van der Waals surface area contributed by atoms with Gasteiger partial charge in [-0.3, -0.25) is 9.78 Å². The van der Waals surface area contributed by atoms with Crippen LogP contribution in [0.2, 0.25) is 0 Å². The third kappa shape index (κ3) is 2.66. The van der Waals surface area contributed by atoms with Crippen LogP contribution in [0.15, 0.2) is 42.7 Å². The molecule has 0 atom stereocenters. The Kier molecular flexibility index (Phi) is 3.14. The highest BCUT2D eigenvalue weighted by molar-refractivity contribution is 6.04. The van der Waals surface area contributed by atoms with Crippen molar-refractivity contribution in [2.24, 2.45) is 0 Å². The molecule has 0 aliphatic carbocycles. The van der Waals surface area contributed by atoms with Gasteiger partial charge in [0.15, 0.2) is 0 Å². The molecule has 86 valence electrons. The van der Waals surface area contributed by atoms with Gasteiger partial charge in [-0.15, -0.1) is 0 Å².